The number of carbonyl (C=O) groups excluding carboxylic acids is 1. The molecular formula is C18H21N3O4. The van der Waals surface area contributed by atoms with Gasteiger partial charge in [-0.3, -0.25) is 9.48 Å². The van der Waals surface area contributed by atoms with Crippen molar-refractivity contribution in [3.05, 3.63) is 36.7 Å². The molecule has 2 atom stereocenters. The quantitative estimate of drug-likeness (QED) is 0.921. The van der Waals surface area contributed by atoms with E-state index in [0.29, 0.717) is 23.7 Å². The highest BCUT2D eigenvalue weighted by Gasteiger charge is 2.27. The van der Waals surface area contributed by atoms with Crippen LogP contribution in [0, 0.1) is 0 Å². The fourth-order valence-electron chi connectivity index (χ4n) is 3.06. The Morgan fingerprint density at radius 3 is 3.00 bits per heavy atom. The monoisotopic (exact) mass is 343 g/mol. The summed E-state index contributed by atoms with van der Waals surface area (Å²) in [5, 5.41) is 7.13. The lowest BCUT2D eigenvalue weighted by molar-refractivity contribution is -0.125. The largest absolute Gasteiger partial charge is 0.485 e. The average Bonchev–Trinajstić information content (AvgIpc) is 3.09. The molecule has 0 aliphatic carbocycles. The van der Waals surface area contributed by atoms with Crippen LogP contribution in [-0.4, -0.2) is 41.1 Å². The lowest BCUT2D eigenvalue weighted by Gasteiger charge is -2.25. The predicted octanol–water partition coefficient (Wildman–Crippen LogP) is 2.23. The summed E-state index contributed by atoms with van der Waals surface area (Å²) in [6.07, 6.45) is 6.34. The number of hydrogen-bond acceptors (Lipinski definition) is 5. The standard InChI is InChI=1S/C18H21N3O4/c22-18(17-12-24-15-6-1-2-7-16(15)25-17)20-13-9-19-21(10-13)11-14-5-3-4-8-23-14/h1-2,6-7,9-10,14,17H,3-5,8,11-12H2,(H,20,22)/t14-,17+/m1/s1. The van der Waals surface area contributed by atoms with E-state index in [1.54, 1.807) is 16.9 Å². The second-order valence-electron chi connectivity index (χ2n) is 6.29. The van der Waals surface area contributed by atoms with Gasteiger partial charge in [0.1, 0.15) is 6.61 Å². The van der Waals surface area contributed by atoms with E-state index < -0.39 is 6.10 Å². The molecule has 0 bridgehead atoms. The Bertz CT molecular complexity index is 739. The molecule has 132 valence electrons. The molecule has 2 aromatic rings. The normalized spacial score (nSPS) is 22.4. The molecule has 1 aromatic heterocycles. The highest BCUT2D eigenvalue weighted by Crippen LogP contribution is 2.31. The maximum atomic E-state index is 12.4. The Labute approximate surface area is 145 Å². The molecule has 1 N–H and O–H groups in total. The minimum Gasteiger partial charge on any atom is -0.485 e. The van der Waals surface area contributed by atoms with E-state index in [-0.39, 0.29) is 18.6 Å². The number of rotatable bonds is 4. The molecular weight excluding hydrogens is 322 g/mol. The molecule has 1 fully saturated rings. The molecule has 2 aliphatic rings. The molecule has 7 nitrogen and oxygen atoms in total. The predicted molar refractivity (Wildman–Crippen MR) is 90.8 cm³/mol. The molecule has 0 saturated carbocycles. The van der Waals surface area contributed by atoms with Crippen molar-refractivity contribution in [1.82, 2.24) is 9.78 Å². The number of amides is 1. The van der Waals surface area contributed by atoms with Gasteiger partial charge in [0.2, 0.25) is 6.10 Å². The molecule has 1 aromatic carbocycles. The van der Waals surface area contributed by atoms with E-state index in [9.17, 15) is 4.79 Å². The van der Waals surface area contributed by atoms with E-state index in [1.807, 2.05) is 24.4 Å². The zero-order chi connectivity index (χ0) is 17.1. The van der Waals surface area contributed by atoms with Crippen molar-refractivity contribution in [2.75, 3.05) is 18.5 Å². The number of fused-ring (bicyclic) bond motifs is 1. The maximum Gasteiger partial charge on any atom is 0.269 e. The van der Waals surface area contributed by atoms with Gasteiger partial charge in [-0.15, -0.1) is 0 Å². The summed E-state index contributed by atoms with van der Waals surface area (Å²) in [4.78, 5) is 12.4. The van der Waals surface area contributed by atoms with Crippen molar-refractivity contribution in [1.29, 1.82) is 0 Å². The Morgan fingerprint density at radius 1 is 1.28 bits per heavy atom. The number of nitrogens with one attached hydrogen (secondary N) is 1. The topological polar surface area (TPSA) is 74.6 Å². The number of carbonyl (C=O) groups is 1. The second-order valence-corrected chi connectivity index (χ2v) is 6.29. The highest BCUT2D eigenvalue weighted by molar-refractivity contribution is 5.94. The highest BCUT2D eigenvalue weighted by atomic mass is 16.6. The number of ether oxygens (including phenoxy) is 3. The van der Waals surface area contributed by atoms with Gasteiger partial charge >= 0.3 is 0 Å². The van der Waals surface area contributed by atoms with E-state index in [4.69, 9.17) is 14.2 Å². The van der Waals surface area contributed by atoms with Crippen LogP contribution in [0.25, 0.3) is 0 Å². The third kappa shape index (κ3) is 3.76. The summed E-state index contributed by atoms with van der Waals surface area (Å²) in [6, 6.07) is 7.32. The SMILES string of the molecule is O=C(Nc1cnn(C[C@H]2CCCCO2)c1)[C@@H]1COc2ccccc2O1. The van der Waals surface area contributed by atoms with Crippen LogP contribution in [0.4, 0.5) is 5.69 Å². The van der Waals surface area contributed by atoms with Gasteiger partial charge in [-0.1, -0.05) is 12.1 Å². The van der Waals surface area contributed by atoms with Gasteiger partial charge in [0.05, 0.1) is 24.5 Å². The number of aromatic nitrogens is 2. The van der Waals surface area contributed by atoms with Crippen LogP contribution >= 0.6 is 0 Å². The average molecular weight is 343 g/mol. The van der Waals surface area contributed by atoms with Crippen molar-refractivity contribution in [2.45, 2.75) is 38.0 Å². The molecule has 4 rings (SSSR count). The van der Waals surface area contributed by atoms with Crippen molar-refractivity contribution in [3.63, 3.8) is 0 Å². The third-order valence-electron chi connectivity index (χ3n) is 4.37. The first-order chi connectivity index (χ1) is 12.3. The van der Waals surface area contributed by atoms with Crippen molar-refractivity contribution >= 4 is 11.6 Å². The molecule has 0 spiro atoms. The summed E-state index contributed by atoms with van der Waals surface area (Å²) in [7, 11) is 0. The first-order valence-electron chi connectivity index (χ1n) is 8.61. The van der Waals surface area contributed by atoms with Crippen molar-refractivity contribution < 1.29 is 19.0 Å². The van der Waals surface area contributed by atoms with Gasteiger partial charge in [-0.05, 0) is 31.4 Å². The molecule has 0 unspecified atom stereocenters. The van der Waals surface area contributed by atoms with Crippen LogP contribution < -0.4 is 14.8 Å². The summed E-state index contributed by atoms with van der Waals surface area (Å²) in [5.74, 6) is 0.994. The summed E-state index contributed by atoms with van der Waals surface area (Å²) in [5.41, 5.74) is 0.642. The first-order valence-corrected chi connectivity index (χ1v) is 8.61. The van der Waals surface area contributed by atoms with Crippen molar-refractivity contribution in [2.24, 2.45) is 0 Å². The first kappa shape index (κ1) is 16.0. The van der Waals surface area contributed by atoms with Crippen LogP contribution in [0.1, 0.15) is 19.3 Å². The van der Waals surface area contributed by atoms with E-state index in [1.165, 1.54) is 6.42 Å². The van der Waals surface area contributed by atoms with Gasteiger partial charge in [-0.25, -0.2) is 0 Å². The molecule has 1 saturated heterocycles. The maximum absolute atomic E-state index is 12.4. The van der Waals surface area contributed by atoms with E-state index in [2.05, 4.69) is 10.4 Å². The Balaban J connectivity index is 1.34. The summed E-state index contributed by atoms with van der Waals surface area (Å²) < 4.78 is 18.8. The second kappa shape index (κ2) is 7.14. The molecule has 25 heavy (non-hydrogen) atoms. The third-order valence-corrected chi connectivity index (χ3v) is 4.37. The fraction of sp³-hybridized carbons (Fsp3) is 0.444. The van der Waals surface area contributed by atoms with Crippen LogP contribution in [0.3, 0.4) is 0 Å². The van der Waals surface area contributed by atoms with Gasteiger partial charge in [0.15, 0.2) is 11.5 Å². The molecule has 0 radical (unpaired) electrons. The molecule has 2 aliphatic heterocycles. The Morgan fingerprint density at radius 2 is 2.16 bits per heavy atom. The number of anilines is 1. The van der Waals surface area contributed by atoms with Gasteiger partial charge in [0, 0.05) is 12.8 Å². The zero-order valence-electron chi connectivity index (χ0n) is 13.9. The minimum absolute atomic E-state index is 0.187. The van der Waals surface area contributed by atoms with E-state index in [0.717, 1.165) is 19.4 Å². The number of hydrogen-bond donors (Lipinski definition) is 1. The molecule has 7 heteroatoms. The minimum atomic E-state index is -0.681. The van der Waals surface area contributed by atoms with Crippen LogP contribution in [0.15, 0.2) is 36.7 Å². The van der Waals surface area contributed by atoms with Crippen LogP contribution in [0.2, 0.25) is 0 Å². The number of benzene rings is 1. The van der Waals surface area contributed by atoms with E-state index >= 15 is 0 Å². The summed E-state index contributed by atoms with van der Waals surface area (Å²) >= 11 is 0. The Hall–Kier alpha value is -2.54. The summed E-state index contributed by atoms with van der Waals surface area (Å²) in [6.45, 7) is 1.70. The smallest absolute Gasteiger partial charge is 0.269 e. The number of nitrogens with zero attached hydrogens (tertiary/aromatic N) is 2. The molecule has 1 amide bonds. The van der Waals surface area contributed by atoms with Gasteiger partial charge in [0.25, 0.3) is 5.91 Å². The van der Waals surface area contributed by atoms with Gasteiger partial charge in [-0.2, -0.15) is 5.10 Å². The number of para-hydroxylation sites is 2. The zero-order valence-corrected chi connectivity index (χ0v) is 13.9. The van der Waals surface area contributed by atoms with Crippen molar-refractivity contribution in [3.8, 4) is 11.5 Å². The molecule has 3 heterocycles. The lowest BCUT2D eigenvalue weighted by atomic mass is 10.1. The van der Waals surface area contributed by atoms with Crippen LogP contribution in [0.5, 0.6) is 11.5 Å². The fourth-order valence-corrected chi connectivity index (χ4v) is 3.06. The Kier molecular flexibility index (Phi) is 4.56. The van der Waals surface area contributed by atoms with Crippen LogP contribution in [-0.2, 0) is 16.1 Å². The van der Waals surface area contributed by atoms with Gasteiger partial charge < -0.3 is 19.5 Å². The lowest BCUT2D eigenvalue weighted by Crippen LogP contribution is -2.40.